The number of thioether (sulfide) groups is 1. The van der Waals surface area contributed by atoms with Crippen LogP contribution in [0.15, 0.2) is 12.1 Å². The Balaban J connectivity index is 1.87. The third-order valence-corrected chi connectivity index (χ3v) is 4.42. The summed E-state index contributed by atoms with van der Waals surface area (Å²) in [6.45, 7) is 0.120. The lowest BCUT2D eigenvalue weighted by atomic mass is 10.1. The summed E-state index contributed by atoms with van der Waals surface area (Å²) in [5.74, 6) is 3.15. The van der Waals surface area contributed by atoms with Crippen molar-refractivity contribution >= 4 is 23.1 Å². The molecule has 1 atom stereocenters. The number of rotatable bonds is 3. The number of nitrogens with one attached hydrogen (secondary N) is 1. The van der Waals surface area contributed by atoms with Crippen molar-refractivity contribution in [3.05, 3.63) is 22.2 Å². The van der Waals surface area contributed by atoms with Crippen LogP contribution in [-0.4, -0.2) is 29.3 Å². The van der Waals surface area contributed by atoms with E-state index in [0.29, 0.717) is 17.2 Å². The molecule has 1 aromatic rings. The molecule has 0 aromatic heterocycles. The maximum Gasteiger partial charge on any atom is 0.296 e. The molecule has 6 nitrogen and oxygen atoms in total. The maximum atomic E-state index is 11.1. The first-order valence-electron chi connectivity index (χ1n) is 6.16. The Bertz CT molecular complexity index is 503. The molecule has 1 unspecified atom stereocenters. The molecular formula is C12H14N2O4S. The van der Waals surface area contributed by atoms with E-state index in [1.54, 1.807) is 6.07 Å². The van der Waals surface area contributed by atoms with Gasteiger partial charge in [0.05, 0.1) is 11.0 Å². The van der Waals surface area contributed by atoms with Crippen molar-refractivity contribution in [1.82, 2.24) is 0 Å². The Labute approximate surface area is 114 Å². The highest BCUT2D eigenvalue weighted by molar-refractivity contribution is 7.99. The fourth-order valence-electron chi connectivity index (χ4n) is 2.27. The van der Waals surface area contributed by atoms with E-state index in [1.165, 1.54) is 11.8 Å². The van der Waals surface area contributed by atoms with Gasteiger partial charge in [-0.2, -0.15) is 11.8 Å². The molecule has 0 radical (unpaired) electrons. The number of benzene rings is 1. The highest BCUT2D eigenvalue weighted by atomic mass is 32.2. The zero-order valence-electron chi connectivity index (χ0n) is 10.3. The fraction of sp³-hybridized carbons (Fsp3) is 0.500. The first-order chi connectivity index (χ1) is 9.24. The van der Waals surface area contributed by atoms with Crippen LogP contribution in [0.5, 0.6) is 11.5 Å². The number of hydrogen-bond donors (Lipinski definition) is 1. The van der Waals surface area contributed by atoms with E-state index in [2.05, 4.69) is 5.32 Å². The lowest BCUT2D eigenvalue weighted by Gasteiger charge is -2.23. The number of anilines is 1. The van der Waals surface area contributed by atoms with E-state index in [0.717, 1.165) is 18.6 Å². The number of ether oxygens (including phenoxy) is 2. The highest BCUT2D eigenvalue weighted by Gasteiger charge is 2.25. The minimum Gasteiger partial charge on any atom is -0.454 e. The van der Waals surface area contributed by atoms with E-state index in [1.807, 2.05) is 11.8 Å². The summed E-state index contributed by atoms with van der Waals surface area (Å²) in [7, 11) is 0. The number of nitrogens with zero attached hydrogens (tertiary/aromatic N) is 1. The van der Waals surface area contributed by atoms with Crippen LogP contribution in [0.4, 0.5) is 11.4 Å². The number of hydrogen-bond acceptors (Lipinski definition) is 6. The Morgan fingerprint density at radius 2 is 2.16 bits per heavy atom. The minimum atomic E-state index is -0.389. The molecule has 1 aromatic carbocycles. The van der Waals surface area contributed by atoms with Gasteiger partial charge in [-0.25, -0.2) is 0 Å². The van der Waals surface area contributed by atoms with Crippen LogP contribution in [0.2, 0.25) is 0 Å². The first-order valence-corrected chi connectivity index (χ1v) is 7.32. The van der Waals surface area contributed by atoms with Crippen molar-refractivity contribution in [2.75, 3.05) is 23.6 Å². The average Bonchev–Trinajstić information content (AvgIpc) is 2.86. The Kier molecular flexibility index (Phi) is 3.37. The molecule has 2 heterocycles. The normalized spacial score (nSPS) is 21.2. The van der Waals surface area contributed by atoms with Crippen molar-refractivity contribution in [3.8, 4) is 11.5 Å². The molecule has 102 valence electrons. The smallest absolute Gasteiger partial charge is 0.296 e. The van der Waals surface area contributed by atoms with Gasteiger partial charge in [0, 0.05) is 17.9 Å². The molecule has 7 heteroatoms. The lowest BCUT2D eigenvalue weighted by molar-refractivity contribution is -0.384. The Morgan fingerprint density at radius 1 is 1.37 bits per heavy atom. The second-order valence-electron chi connectivity index (χ2n) is 4.54. The molecule has 2 aliphatic heterocycles. The SMILES string of the molecule is O=[N+]([O-])c1cc2c(cc1NC1CCCSC1)OCO2. The Hall–Kier alpha value is -1.63. The molecule has 2 aliphatic rings. The highest BCUT2D eigenvalue weighted by Crippen LogP contribution is 2.41. The zero-order chi connectivity index (χ0) is 13.2. The predicted octanol–water partition coefficient (Wildman–Crippen LogP) is 2.63. The second-order valence-corrected chi connectivity index (χ2v) is 5.69. The summed E-state index contributed by atoms with van der Waals surface area (Å²) in [6.07, 6.45) is 2.18. The average molecular weight is 282 g/mol. The van der Waals surface area contributed by atoms with E-state index >= 15 is 0 Å². The molecule has 0 aliphatic carbocycles. The van der Waals surface area contributed by atoms with Gasteiger partial charge < -0.3 is 14.8 Å². The van der Waals surface area contributed by atoms with Crippen LogP contribution < -0.4 is 14.8 Å². The van der Waals surface area contributed by atoms with E-state index in [-0.39, 0.29) is 23.4 Å². The summed E-state index contributed by atoms with van der Waals surface area (Å²) in [6, 6.07) is 3.37. The first kappa shape index (κ1) is 12.4. The maximum absolute atomic E-state index is 11.1. The summed E-state index contributed by atoms with van der Waals surface area (Å²) >= 11 is 1.87. The molecule has 0 spiro atoms. The zero-order valence-corrected chi connectivity index (χ0v) is 11.1. The van der Waals surface area contributed by atoms with Crippen molar-refractivity contribution in [3.63, 3.8) is 0 Å². The second kappa shape index (κ2) is 5.16. The third-order valence-electron chi connectivity index (χ3n) is 3.21. The molecule has 0 bridgehead atoms. The lowest BCUT2D eigenvalue weighted by Crippen LogP contribution is -2.26. The van der Waals surface area contributed by atoms with E-state index in [4.69, 9.17) is 9.47 Å². The number of fused-ring (bicyclic) bond motifs is 1. The van der Waals surface area contributed by atoms with Crippen LogP contribution in [-0.2, 0) is 0 Å². The van der Waals surface area contributed by atoms with Gasteiger partial charge in [-0.05, 0) is 18.6 Å². The van der Waals surface area contributed by atoms with Gasteiger partial charge in [-0.1, -0.05) is 0 Å². The summed E-state index contributed by atoms with van der Waals surface area (Å²) in [5, 5.41) is 14.4. The van der Waals surface area contributed by atoms with Crippen LogP contribution in [0.25, 0.3) is 0 Å². The van der Waals surface area contributed by atoms with Crippen LogP contribution >= 0.6 is 11.8 Å². The molecule has 0 amide bonds. The molecular weight excluding hydrogens is 268 g/mol. The van der Waals surface area contributed by atoms with E-state index < -0.39 is 0 Å². The van der Waals surface area contributed by atoms with Gasteiger partial charge in [0.15, 0.2) is 11.5 Å². The van der Waals surface area contributed by atoms with E-state index in [9.17, 15) is 10.1 Å². The summed E-state index contributed by atoms with van der Waals surface area (Å²) in [4.78, 5) is 10.7. The van der Waals surface area contributed by atoms with Gasteiger partial charge in [0.2, 0.25) is 6.79 Å². The van der Waals surface area contributed by atoms with Crippen LogP contribution in [0, 0.1) is 10.1 Å². The van der Waals surface area contributed by atoms with Crippen LogP contribution in [0.3, 0.4) is 0 Å². The standard InChI is InChI=1S/C12H14N2O4S/c15-14(16)10-5-12-11(17-7-18-12)4-9(10)13-8-2-1-3-19-6-8/h4-5,8,13H,1-3,6-7H2. The third kappa shape index (κ3) is 2.56. The van der Waals surface area contributed by atoms with Crippen molar-refractivity contribution in [2.24, 2.45) is 0 Å². The van der Waals surface area contributed by atoms with Gasteiger partial charge in [0.25, 0.3) is 5.69 Å². The largest absolute Gasteiger partial charge is 0.454 e. The Morgan fingerprint density at radius 3 is 2.84 bits per heavy atom. The van der Waals surface area contributed by atoms with Gasteiger partial charge in [-0.15, -0.1) is 0 Å². The quantitative estimate of drug-likeness (QED) is 0.678. The summed E-state index contributed by atoms with van der Waals surface area (Å²) < 4.78 is 10.4. The van der Waals surface area contributed by atoms with Gasteiger partial charge in [-0.3, -0.25) is 10.1 Å². The topological polar surface area (TPSA) is 73.6 Å². The van der Waals surface area contributed by atoms with Gasteiger partial charge >= 0.3 is 0 Å². The molecule has 1 fully saturated rings. The molecule has 0 saturated carbocycles. The summed E-state index contributed by atoms with van der Waals surface area (Å²) in [5.41, 5.74) is 0.557. The minimum absolute atomic E-state index is 0.0415. The monoisotopic (exact) mass is 282 g/mol. The van der Waals surface area contributed by atoms with Crippen molar-refractivity contribution < 1.29 is 14.4 Å². The molecule has 1 N–H and O–H groups in total. The molecule has 1 saturated heterocycles. The number of nitro benzene ring substituents is 1. The fourth-order valence-corrected chi connectivity index (χ4v) is 3.34. The van der Waals surface area contributed by atoms with Crippen molar-refractivity contribution in [1.29, 1.82) is 0 Å². The van der Waals surface area contributed by atoms with Crippen LogP contribution in [0.1, 0.15) is 12.8 Å². The van der Waals surface area contributed by atoms with Crippen molar-refractivity contribution in [2.45, 2.75) is 18.9 Å². The molecule has 3 rings (SSSR count). The number of nitro groups is 1. The van der Waals surface area contributed by atoms with Gasteiger partial charge in [0.1, 0.15) is 5.69 Å². The molecule has 19 heavy (non-hydrogen) atoms. The predicted molar refractivity (Wildman–Crippen MR) is 73.2 cm³/mol.